The standard InChI is InChI=1S/C22H23N3O3/c26-21(27)8-3-15-1-4-17(5-2-15)20-14-24-22(28)25(20)19-7-6-16-9-11-23-12-10-18(16)13-19/h1-2,4-7,13-14,23H,3,8-12H2,(H,24,28)(H,26,27). The summed E-state index contributed by atoms with van der Waals surface area (Å²) in [6.07, 6.45) is 4.28. The summed E-state index contributed by atoms with van der Waals surface area (Å²) >= 11 is 0. The number of hydrogen-bond acceptors (Lipinski definition) is 3. The molecule has 2 heterocycles. The number of aromatic nitrogens is 2. The number of imidazole rings is 1. The Hall–Kier alpha value is -3.12. The molecule has 0 unspecified atom stereocenters. The first kappa shape index (κ1) is 18.3. The predicted molar refractivity (Wildman–Crippen MR) is 108 cm³/mol. The predicted octanol–water partition coefficient (Wildman–Crippen LogP) is 2.54. The second-order valence-corrected chi connectivity index (χ2v) is 7.11. The van der Waals surface area contributed by atoms with Gasteiger partial charge in [-0.05, 0) is 61.2 Å². The monoisotopic (exact) mass is 377 g/mol. The smallest absolute Gasteiger partial charge is 0.330 e. The molecule has 0 aliphatic carbocycles. The SMILES string of the molecule is O=C(O)CCc1ccc(-c2c[nH]c(=O)n2-c2ccc3c(c2)CCNCC3)cc1. The van der Waals surface area contributed by atoms with Crippen LogP contribution < -0.4 is 11.0 Å². The number of aryl methyl sites for hydroxylation is 1. The van der Waals surface area contributed by atoms with Crippen LogP contribution in [0.25, 0.3) is 16.9 Å². The summed E-state index contributed by atoms with van der Waals surface area (Å²) in [5.41, 5.74) is 5.98. The molecule has 0 spiro atoms. The van der Waals surface area contributed by atoms with Gasteiger partial charge >= 0.3 is 11.7 Å². The van der Waals surface area contributed by atoms with Crippen molar-refractivity contribution in [3.05, 3.63) is 75.8 Å². The van der Waals surface area contributed by atoms with E-state index in [1.165, 1.54) is 11.1 Å². The van der Waals surface area contributed by atoms with E-state index in [1.54, 1.807) is 10.8 Å². The first-order chi connectivity index (χ1) is 13.6. The highest BCUT2D eigenvalue weighted by atomic mass is 16.4. The molecular formula is C22H23N3O3. The highest BCUT2D eigenvalue weighted by Gasteiger charge is 2.14. The minimum absolute atomic E-state index is 0.109. The number of carboxylic acids is 1. The van der Waals surface area contributed by atoms with E-state index in [4.69, 9.17) is 5.11 Å². The van der Waals surface area contributed by atoms with Crippen molar-refractivity contribution in [3.63, 3.8) is 0 Å². The van der Waals surface area contributed by atoms with Gasteiger partial charge in [0.2, 0.25) is 0 Å². The molecule has 2 aromatic carbocycles. The number of H-pyrrole nitrogens is 1. The summed E-state index contributed by atoms with van der Waals surface area (Å²) in [4.78, 5) is 26.1. The molecule has 28 heavy (non-hydrogen) atoms. The Morgan fingerprint density at radius 3 is 2.54 bits per heavy atom. The van der Waals surface area contributed by atoms with Crippen molar-refractivity contribution in [2.24, 2.45) is 0 Å². The summed E-state index contributed by atoms with van der Waals surface area (Å²) in [7, 11) is 0. The van der Waals surface area contributed by atoms with Crippen LogP contribution in [0.5, 0.6) is 0 Å². The molecule has 0 radical (unpaired) electrons. The van der Waals surface area contributed by atoms with E-state index < -0.39 is 5.97 Å². The van der Waals surface area contributed by atoms with Crippen LogP contribution in [-0.2, 0) is 24.1 Å². The lowest BCUT2D eigenvalue weighted by Crippen LogP contribution is -2.16. The Bertz CT molecular complexity index is 1050. The van der Waals surface area contributed by atoms with Gasteiger partial charge in [0, 0.05) is 18.2 Å². The summed E-state index contributed by atoms with van der Waals surface area (Å²) in [6.45, 7) is 1.93. The minimum atomic E-state index is -0.804. The fourth-order valence-electron chi connectivity index (χ4n) is 3.73. The molecule has 3 aromatic rings. The zero-order valence-electron chi connectivity index (χ0n) is 15.6. The molecule has 1 aliphatic rings. The van der Waals surface area contributed by atoms with E-state index in [9.17, 15) is 9.59 Å². The van der Waals surface area contributed by atoms with Gasteiger partial charge in [-0.2, -0.15) is 0 Å². The second kappa shape index (κ2) is 7.86. The third-order valence-corrected chi connectivity index (χ3v) is 5.24. The number of rotatable bonds is 5. The number of benzene rings is 2. The summed E-state index contributed by atoms with van der Waals surface area (Å²) in [5, 5.41) is 12.2. The number of nitrogens with zero attached hydrogens (tertiary/aromatic N) is 1. The van der Waals surface area contributed by atoms with E-state index in [0.717, 1.165) is 48.4 Å². The molecule has 4 rings (SSSR count). The lowest BCUT2D eigenvalue weighted by atomic mass is 10.0. The van der Waals surface area contributed by atoms with E-state index in [-0.39, 0.29) is 12.1 Å². The third kappa shape index (κ3) is 3.77. The number of nitrogens with one attached hydrogen (secondary N) is 2. The van der Waals surface area contributed by atoms with Gasteiger partial charge in [0.1, 0.15) is 0 Å². The topological polar surface area (TPSA) is 87.1 Å². The van der Waals surface area contributed by atoms with Crippen LogP contribution in [0.4, 0.5) is 0 Å². The van der Waals surface area contributed by atoms with Crippen LogP contribution in [0.1, 0.15) is 23.1 Å². The fraction of sp³-hybridized carbons (Fsp3) is 0.273. The van der Waals surface area contributed by atoms with Gasteiger partial charge in [-0.15, -0.1) is 0 Å². The molecule has 3 N–H and O–H groups in total. The van der Waals surface area contributed by atoms with E-state index in [2.05, 4.69) is 22.4 Å². The zero-order valence-corrected chi connectivity index (χ0v) is 15.6. The third-order valence-electron chi connectivity index (χ3n) is 5.24. The number of aromatic amines is 1. The Morgan fingerprint density at radius 2 is 1.79 bits per heavy atom. The molecule has 0 fully saturated rings. The Morgan fingerprint density at radius 1 is 1.04 bits per heavy atom. The first-order valence-corrected chi connectivity index (χ1v) is 9.56. The van der Waals surface area contributed by atoms with Gasteiger partial charge in [0.05, 0.1) is 11.4 Å². The maximum atomic E-state index is 12.5. The highest BCUT2D eigenvalue weighted by molar-refractivity contribution is 5.67. The highest BCUT2D eigenvalue weighted by Crippen LogP contribution is 2.24. The summed E-state index contributed by atoms with van der Waals surface area (Å²) < 4.78 is 1.70. The molecular weight excluding hydrogens is 354 g/mol. The molecule has 0 saturated carbocycles. The molecule has 6 heteroatoms. The average molecular weight is 377 g/mol. The molecule has 0 saturated heterocycles. The largest absolute Gasteiger partial charge is 0.481 e. The van der Waals surface area contributed by atoms with Gasteiger partial charge in [0.25, 0.3) is 0 Å². The van der Waals surface area contributed by atoms with E-state index in [0.29, 0.717) is 6.42 Å². The Kier molecular flexibility index (Phi) is 5.12. The zero-order chi connectivity index (χ0) is 19.5. The maximum absolute atomic E-state index is 12.5. The van der Waals surface area contributed by atoms with Crippen molar-refractivity contribution < 1.29 is 9.90 Å². The van der Waals surface area contributed by atoms with E-state index >= 15 is 0 Å². The van der Waals surface area contributed by atoms with Crippen LogP contribution in [0, 0.1) is 0 Å². The average Bonchev–Trinajstić information content (AvgIpc) is 2.93. The van der Waals surface area contributed by atoms with Gasteiger partial charge < -0.3 is 15.4 Å². The van der Waals surface area contributed by atoms with Crippen molar-refractivity contribution in [1.29, 1.82) is 0 Å². The molecule has 144 valence electrons. The molecule has 1 aromatic heterocycles. The van der Waals surface area contributed by atoms with Crippen LogP contribution in [0.2, 0.25) is 0 Å². The number of fused-ring (bicyclic) bond motifs is 1. The van der Waals surface area contributed by atoms with Gasteiger partial charge in [-0.25, -0.2) is 4.79 Å². The van der Waals surface area contributed by atoms with Crippen molar-refractivity contribution in [1.82, 2.24) is 14.9 Å². The molecule has 0 amide bonds. The first-order valence-electron chi connectivity index (χ1n) is 9.56. The van der Waals surface area contributed by atoms with Crippen LogP contribution >= 0.6 is 0 Å². The Labute approximate surface area is 162 Å². The fourth-order valence-corrected chi connectivity index (χ4v) is 3.73. The van der Waals surface area contributed by atoms with Crippen molar-refractivity contribution in [2.45, 2.75) is 25.7 Å². The summed E-state index contributed by atoms with van der Waals surface area (Å²) in [5.74, 6) is -0.804. The summed E-state index contributed by atoms with van der Waals surface area (Å²) in [6, 6.07) is 13.9. The minimum Gasteiger partial charge on any atom is -0.481 e. The quantitative estimate of drug-likeness (QED) is 0.638. The van der Waals surface area contributed by atoms with Crippen molar-refractivity contribution in [3.8, 4) is 16.9 Å². The van der Waals surface area contributed by atoms with E-state index in [1.807, 2.05) is 30.3 Å². The van der Waals surface area contributed by atoms with Gasteiger partial charge in [-0.3, -0.25) is 9.36 Å². The normalized spacial score (nSPS) is 13.7. The lowest BCUT2D eigenvalue weighted by molar-refractivity contribution is -0.136. The number of carbonyl (C=O) groups is 1. The molecule has 0 atom stereocenters. The number of hydrogen-bond donors (Lipinski definition) is 3. The van der Waals surface area contributed by atoms with Crippen LogP contribution in [0.3, 0.4) is 0 Å². The molecule has 0 bridgehead atoms. The number of carboxylic acid groups (broad SMARTS) is 1. The Balaban J connectivity index is 1.68. The van der Waals surface area contributed by atoms with Gasteiger partial charge in [0.15, 0.2) is 0 Å². The number of aliphatic carboxylic acids is 1. The van der Waals surface area contributed by atoms with Crippen LogP contribution in [0.15, 0.2) is 53.5 Å². The van der Waals surface area contributed by atoms with Crippen molar-refractivity contribution in [2.75, 3.05) is 13.1 Å². The van der Waals surface area contributed by atoms with Crippen molar-refractivity contribution >= 4 is 5.97 Å². The molecule has 6 nitrogen and oxygen atoms in total. The van der Waals surface area contributed by atoms with Gasteiger partial charge in [-0.1, -0.05) is 30.3 Å². The molecule has 1 aliphatic heterocycles. The maximum Gasteiger partial charge on any atom is 0.330 e. The lowest BCUT2D eigenvalue weighted by Gasteiger charge is -2.12. The second-order valence-electron chi connectivity index (χ2n) is 7.11. The van der Waals surface area contributed by atoms with Crippen LogP contribution in [-0.4, -0.2) is 33.7 Å².